The van der Waals surface area contributed by atoms with Crippen molar-refractivity contribution in [1.29, 1.82) is 0 Å². The van der Waals surface area contributed by atoms with Crippen LogP contribution >= 0.6 is 0 Å². The normalized spacial score (nSPS) is 11.6. The number of phenolic OH excluding ortho intramolecular Hbond substituents is 3. The minimum atomic E-state index is -0.751. The third kappa shape index (κ3) is 3.28. The molecule has 0 amide bonds. The predicted molar refractivity (Wildman–Crippen MR) is 118 cm³/mol. The molecule has 0 radical (unpaired) electrons. The van der Waals surface area contributed by atoms with Gasteiger partial charge in [-0.25, -0.2) is 0 Å². The van der Waals surface area contributed by atoms with Crippen molar-refractivity contribution >= 4 is 21.9 Å². The van der Waals surface area contributed by atoms with Crippen LogP contribution in [0.1, 0.15) is 38.8 Å². The summed E-state index contributed by atoms with van der Waals surface area (Å²) >= 11 is 0. The molecule has 0 saturated heterocycles. The van der Waals surface area contributed by atoms with Gasteiger partial charge in [-0.15, -0.1) is 6.58 Å². The van der Waals surface area contributed by atoms with Crippen molar-refractivity contribution in [3.05, 3.63) is 57.8 Å². The van der Waals surface area contributed by atoms with Gasteiger partial charge in [0.25, 0.3) is 0 Å². The summed E-state index contributed by atoms with van der Waals surface area (Å²) in [4.78, 5) is 13.5. The molecule has 0 atom stereocenters. The fourth-order valence-corrected chi connectivity index (χ4v) is 3.65. The summed E-state index contributed by atoms with van der Waals surface area (Å²) in [6, 6.07) is 2.45. The van der Waals surface area contributed by atoms with Gasteiger partial charge in [0.15, 0.2) is 11.5 Å². The predicted octanol–water partition coefficient (Wildman–Crippen LogP) is 5.04. The molecule has 0 bridgehead atoms. The number of ether oxygens (including phenoxy) is 1. The number of methoxy groups -OCH3 is 1. The van der Waals surface area contributed by atoms with E-state index in [2.05, 4.69) is 6.58 Å². The molecule has 158 valence electrons. The highest BCUT2D eigenvalue weighted by Gasteiger charge is 2.29. The van der Waals surface area contributed by atoms with Crippen LogP contribution in [0.25, 0.3) is 21.9 Å². The van der Waals surface area contributed by atoms with Gasteiger partial charge in [-0.05, 0) is 20.3 Å². The number of hydrogen-bond donors (Lipinski definition) is 3. The second kappa shape index (κ2) is 7.44. The number of phenols is 3. The van der Waals surface area contributed by atoms with Crippen molar-refractivity contribution in [2.75, 3.05) is 7.11 Å². The molecule has 0 fully saturated rings. The monoisotopic (exact) mass is 410 g/mol. The van der Waals surface area contributed by atoms with E-state index in [0.29, 0.717) is 17.5 Å². The average Bonchev–Trinajstić information content (AvgIpc) is 2.64. The number of fused-ring (bicyclic) bond motifs is 2. The first-order valence-corrected chi connectivity index (χ1v) is 9.55. The summed E-state index contributed by atoms with van der Waals surface area (Å²) in [6.45, 7) is 11.3. The molecule has 3 N–H and O–H groups in total. The Bertz CT molecular complexity index is 1260. The van der Waals surface area contributed by atoms with Gasteiger partial charge >= 0.3 is 0 Å². The van der Waals surface area contributed by atoms with E-state index in [-0.39, 0.29) is 44.9 Å². The third-order valence-electron chi connectivity index (χ3n) is 5.30. The van der Waals surface area contributed by atoms with Crippen molar-refractivity contribution in [3.63, 3.8) is 0 Å². The van der Waals surface area contributed by atoms with Gasteiger partial charge in [-0.2, -0.15) is 0 Å². The standard InChI is InChI=1S/C24H26O6/c1-7-24(4,5)20-15(26)10-14(25)19-21(28)18-13(9-8-12(2)3)22(29-6)16(27)11-17(18)30-23(19)20/h7-8,10-11,25-27H,1,9H2,2-6H3. The summed E-state index contributed by atoms with van der Waals surface area (Å²) in [5.41, 5.74) is 0.773. The van der Waals surface area contributed by atoms with Gasteiger partial charge in [0.1, 0.15) is 28.1 Å². The Morgan fingerprint density at radius 3 is 2.37 bits per heavy atom. The van der Waals surface area contributed by atoms with E-state index >= 15 is 0 Å². The molecule has 1 heterocycles. The molecule has 0 unspecified atom stereocenters. The summed E-state index contributed by atoms with van der Waals surface area (Å²) < 4.78 is 11.4. The largest absolute Gasteiger partial charge is 0.507 e. The summed E-state index contributed by atoms with van der Waals surface area (Å²) in [5, 5.41) is 31.7. The molecule has 3 rings (SSSR count). The average molecular weight is 410 g/mol. The number of allylic oxidation sites excluding steroid dienone is 3. The summed E-state index contributed by atoms with van der Waals surface area (Å²) in [5.74, 6) is -0.591. The zero-order chi connectivity index (χ0) is 22.4. The number of rotatable bonds is 5. The van der Waals surface area contributed by atoms with Crippen LogP contribution in [-0.2, 0) is 11.8 Å². The van der Waals surface area contributed by atoms with Crippen LogP contribution in [0.4, 0.5) is 0 Å². The molecule has 0 aliphatic heterocycles. The first kappa shape index (κ1) is 21.3. The van der Waals surface area contributed by atoms with Crippen LogP contribution in [0.2, 0.25) is 0 Å². The quantitative estimate of drug-likeness (QED) is 0.402. The van der Waals surface area contributed by atoms with Crippen molar-refractivity contribution in [3.8, 4) is 23.0 Å². The van der Waals surface area contributed by atoms with E-state index in [9.17, 15) is 20.1 Å². The van der Waals surface area contributed by atoms with Crippen LogP contribution < -0.4 is 10.2 Å². The topological polar surface area (TPSA) is 100 Å². The van der Waals surface area contributed by atoms with E-state index in [1.165, 1.54) is 13.2 Å². The fourth-order valence-electron chi connectivity index (χ4n) is 3.65. The van der Waals surface area contributed by atoms with Crippen molar-refractivity contribution in [2.45, 2.75) is 39.5 Å². The van der Waals surface area contributed by atoms with Gasteiger partial charge in [-0.1, -0.05) is 31.6 Å². The molecule has 3 aromatic rings. The van der Waals surface area contributed by atoms with Crippen LogP contribution in [0, 0.1) is 0 Å². The highest BCUT2D eigenvalue weighted by atomic mass is 16.5. The lowest BCUT2D eigenvalue weighted by atomic mass is 9.82. The minimum absolute atomic E-state index is 0.0450. The zero-order valence-corrected chi connectivity index (χ0v) is 17.8. The highest BCUT2D eigenvalue weighted by molar-refractivity contribution is 5.99. The second-order valence-corrected chi connectivity index (χ2v) is 8.12. The molecule has 0 aliphatic carbocycles. The highest BCUT2D eigenvalue weighted by Crippen LogP contribution is 2.44. The van der Waals surface area contributed by atoms with Crippen molar-refractivity contribution < 1.29 is 24.5 Å². The smallest absolute Gasteiger partial charge is 0.204 e. The fraction of sp³-hybridized carbons (Fsp3) is 0.292. The Labute approximate surface area is 174 Å². The van der Waals surface area contributed by atoms with Crippen LogP contribution in [0.5, 0.6) is 23.0 Å². The number of aromatic hydroxyl groups is 3. The molecular weight excluding hydrogens is 384 g/mol. The second-order valence-electron chi connectivity index (χ2n) is 8.12. The van der Waals surface area contributed by atoms with Gasteiger partial charge in [0.2, 0.25) is 5.43 Å². The first-order chi connectivity index (χ1) is 14.0. The lowest BCUT2D eigenvalue weighted by Gasteiger charge is -2.23. The van der Waals surface area contributed by atoms with E-state index in [4.69, 9.17) is 9.15 Å². The molecule has 0 spiro atoms. The molecule has 6 nitrogen and oxygen atoms in total. The lowest BCUT2D eigenvalue weighted by Crippen LogP contribution is -2.16. The summed E-state index contributed by atoms with van der Waals surface area (Å²) in [7, 11) is 1.41. The van der Waals surface area contributed by atoms with E-state index in [1.54, 1.807) is 6.08 Å². The minimum Gasteiger partial charge on any atom is -0.507 e. The maximum absolute atomic E-state index is 13.5. The van der Waals surface area contributed by atoms with Gasteiger partial charge < -0.3 is 24.5 Å². The first-order valence-electron chi connectivity index (χ1n) is 9.55. The SMILES string of the molecule is C=CC(C)(C)c1c(O)cc(O)c2c(=O)c3c(CC=C(C)C)c(OC)c(O)cc3oc12. The Morgan fingerprint density at radius 2 is 1.80 bits per heavy atom. The summed E-state index contributed by atoms with van der Waals surface area (Å²) in [6.07, 6.45) is 3.86. The Hall–Kier alpha value is -3.41. The molecule has 6 heteroatoms. The third-order valence-corrected chi connectivity index (χ3v) is 5.30. The maximum Gasteiger partial charge on any atom is 0.204 e. The Balaban J connectivity index is 2.60. The van der Waals surface area contributed by atoms with E-state index in [1.807, 2.05) is 33.8 Å². The van der Waals surface area contributed by atoms with Crippen LogP contribution in [0.3, 0.4) is 0 Å². The van der Waals surface area contributed by atoms with E-state index in [0.717, 1.165) is 11.6 Å². The molecule has 1 aromatic heterocycles. The molecule has 30 heavy (non-hydrogen) atoms. The molecule has 0 aliphatic rings. The molecule has 0 saturated carbocycles. The van der Waals surface area contributed by atoms with Crippen LogP contribution in [-0.4, -0.2) is 22.4 Å². The Kier molecular flexibility index (Phi) is 5.29. The van der Waals surface area contributed by atoms with Crippen LogP contribution in [0.15, 0.2) is 45.6 Å². The van der Waals surface area contributed by atoms with Gasteiger partial charge in [0.05, 0.1) is 12.5 Å². The number of hydrogen-bond acceptors (Lipinski definition) is 6. The van der Waals surface area contributed by atoms with Crippen molar-refractivity contribution in [1.82, 2.24) is 0 Å². The Morgan fingerprint density at radius 1 is 1.13 bits per heavy atom. The van der Waals surface area contributed by atoms with E-state index < -0.39 is 10.8 Å². The zero-order valence-electron chi connectivity index (χ0n) is 17.8. The molecule has 2 aromatic carbocycles. The van der Waals surface area contributed by atoms with Gasteiger partial charge in [-0.3, -0.25) is 4.79 Å². The van der Waals surface area contributed by atoms with Crippen molar-refractivity contribution in [2.24, 2.45) is 0 Å². The number of benzene rings is 2. The molecular formula is C24H26O6. The van der Waals surface area contributed by atoms with Gasteiger partial charge in [0, 0.05) is 28.7 Å². The maximum atomic E-state index is 13.5. The lowest BCUT2D eigenvalue weighted by molar-refractivity contribution is 0.370.